The van der Waals surface area contributed by atoms with Crippen molar-refractivity contribution in [2.75, 3.05) is 25.5 Å². The van der Waals surface area contributed by atoms with E-state index in [1.807, 2.05) is 13.8 Å². The molecule has 1 amide bonds. The molecule has 6 nitrogen and oxygen atoms in total. The second kappa shape index (κ2) is 8.96. The maximum Gasteiger partial charge on any atom is 0.418 e. The molecule has 174 valence electrons. The molecule has 1 aliphatic heterocycles. The maximum absolute atomic E-state index is 13.5. The lowest BCUT2D eigenvalue weighted by molar-refractivity contribution is -0.137. The number of hydrogen-bond acceptors (Lipinski definition) is 5. The number of carbonyl (C=O) groups excluding carboxylic acids is 2. The average Bonchev–Trinajstić information content (AvgIpc) is 2.65. The van der Waals surface area contributed by atoms with E-state index in [9.17, 15) is 22.8 Å². The first kappa shape index (κ1) is 24.8. The Balaban J connectivity index is 2.16. The van der Waals surface area contributed by atoms with E-state index in [4.69, 9.17) is 4.74 Å². The summed E-state index contributed by atoms with van der Waals surface area (Å²) >= 11 is 0. The van der Waals surface area contributed by atoms with Crippen LogP contribution >= 0.6 is 0 Å². The van der Waals surface area contributed by atoms with Gasteiger partial charge < -0.3 is 19.7 Å². The van der Waals surface area contributed by atoms with Gasteiger partial charge in [-0.25, -0.2) is 9.59 Å². The lowest BCUT2D eigenvalue weighted by Gasteiger charge is -2.44. The van der Waals surface area contributed by atoms with Crippen LogP contribution in [-0.2, 0) is 15.7 Å². The molecule has 1 heterocycles. The molecule has 1 unspecified atom stereocenters. The number of nitrogens with one attached hydrogen (secondary N) is 1. The predicted molar refractivity (Wildman–Crippen MR) is 111 cm³/mol. The maximum atomic E-state index is 13.5. The van der Waals surface area contributed by atoms with Crippen molar-refractivity contribution in [3.05, 3.63) is 29.3 Å². The zero-order valence-corrected chi connectivity index (χ0v) is 18.9. The smallest absolute Gasteiger partial charge is 0.418 e. The fraction of sp³-hybridized carbons (Fsp3) is 0.636. The number of methoxy groups -OCH3 is 1. The lowest BCUT2D eigenvalue weighted by atomic mass is 9.74. The number of anilines is 1. The van der Waals surface area contributed by atoms with Gasteiger partial charge >= 0.3 is 18.2 Å². The number of alkyl halides is 3. The van der Waals surface area contributed by atoms with E-state index >= 15 is 0 Å². The highest BCUT2D eigenvalue weighted by atomic mass is 19.4. The number of piperidine rings is 1. The molecule has 1 fully saturated rings. The second-order valence-electron chi connectivity index (χ2n) is 9.24. The van der Waals surface area contributed by atoms with Crippen molar-refractivity contribution in [1.29, 1.82) is 0 Å². The minimum atomic E-state index is -4.57. The summed E-state index contributed by atoms with van der Waals surface area (Å²) in [4.78, 5) is 25.7. The van der Waals surface area contributed by atoms with Gasteiger partial charge in [-0.3, -0.25) is 0 Å². The van der Waals surface area contributed by atoms with Crippen molar-refractivity contribution in [3.63, 3.8) is 0 Å². The Labute approximate surface area is 181 Å². The summed E-state index contributed by atoms with van der Waals surface area (Å²) in [5.74, 6) is -0.707. The van der Waals surface area contributed by atoms with Crippen LogP contribution in [0.5, 0.6) is 0 Å². The third kappa shape index (κ3) is 6.27. The van der Waals surface area contributed by atoms with Crippen LogP contribution in [0.2, 0.25) is 0 Å². The van der Waals surface area contributed by atoms with Crippen molar-refractivity contribution in [2.24, 2.45) is 5.41 Å². The Bertz CT molecular complexity index is 810. The van der Waals surface area contributed by atoms with E-state index in [2.05, 4.69) is 10.1 Å². The van der Waals surface area contributed by atoms with Gasteiger partial charge in [0.25, 0.3) is 0 Å². The standard InChI is InChI=1S/C22H31F3N2O4/c1-14(21(5)9-11-27(12-10-21)19(29)31-20(2,3)4)26-17-13-15(18(28)30-6)7-8-16(17)22(23,24)25/h7-8,13-14,26H,9-12H2,1-6H3. The number of ether oxygens (including phenoxy) is 2. The molecule has 1 aliphatic rings. The van der Waals surface area contributed by atoms with Crippen LogP contribution in [0.4, 0.5) is 23.7 Å². The van der Waals surface area contributed by atoms with Crippen LogP contribution in [0.1, 0.15) is 63.4 Å². The normalized spacial score (nSPS) is 17.6. The zero-order chi connectivity index (χ0) is 23.6. The highest BCUT2D eigenvalue weighted by Gasteiger charge is 2.39. The van der Waals surface area contributed by atoms with E-state index in [-0.39, 0.29) is 28.8 Å². The van der Waals surface area contributed by atoms with Crippen LogP contribution in [0.25, 0.3) is 0 Å². The Morgan fingerprint density at radius 2 is 1.74 bits per heavy atom. The quantitative estimate of drug-likeness (QED) is 0.636. The fourth-order valence-corrected chi connectivity index (χ4v) is 3.52. The average molecular weight is 444 g/mol. The Kier molecular flexibility index (Phi) is 7.17. The van der Waals surface area contributed by atoms with E-state index in [0.717, 1.165) is 12.1 Å². The summed E-state index contributed by atoms with van der Waals surface area (Å²) < 4.78 is 50.6. The van der Waals surface area contributed by atoms with Gasteiger partial charge in [0.1, 0.15) is 5.60 Å². The highest BCUT2D eigenvalue weighted by molar-refractivity contribution is 5.90. The first-order valence-corrected chi connectivity index (χ1v) is 10.2. The third-order valence-electron chi connectivity index (χ3n) is 5.72. The SMILES string of the molecule is COC(=O)c1ccc(C(F)(F)F)c(NC(C)C2(C)CCN(C(=O)OC(C)(C)C)CC2)c1. The van der Waals surface area contributed by atoms with Gasteiger partial charge in [0.05, 0.1) is 18.2 Å². The molecule has 0 aromatic heterocycles. The number of carbonyl (C=O) groups is 2. The van der Waals surface area contributed by atoms with Crippen LogP contribution in [0, 0.1) is 5.41 Å². The number of rotatable bonds is 4. The van der Waals surface area contributed by atoms with Crippen LogP contribution < -0.4 is 5.32 Å². The molecule has 2 rings (SSSR count). The number of nitrogens with zero attached hydrogens (tertiary/aromatic N) is 1. The molecular formula is C22H31F3N2O4. The van der Waals surface area contributed by atoms with Crippen molar-refractivity contribution in [2.45, 2.75) is 65.3 Å². The van der Waals surface area contributed by atoms with Crippen LogP contribution in [-0.4, -0.2) is 48.8 Å². The van der Waals surface area contributed by atoms with E-state index in [1.165, 1.54) is 13.2 Å². The van der Waals surface area contributed by atoms with Gasteiger partial charge in [0.15, 0.2) is 0 Å². The molecule has 0 radical (unpaired) electrons. The van der Waals surface area contributed by atoms with Gasteiger partial charge in [0.2, 0.25) is 0 Å². The van der Waals surface area contributed by atoms with Gasteiger partial charge in [0, 0.05) is 24.8 Å². The fourth-order valence-electron chi connectivity index (χ4n) is 3.52. The Morgan fingerprint density at radius 1 is 1.16 bits per heavy atom. The molecule has 0 bridgehead atoms. The summed E-state index contributed by atoms with van der Waals surface area (Å²) in [6, 6.07) is 2.81. The molecule has 0 saturated carbocycles. The van der Waals surface area contributed by atoms with Crippen molar-refractivity contribution < 1.29 is 32.2 Å². The number of likely N-dealkylation sites (tertiary alicyclic amines) is 1. The first-order chi connectivity index (χ1) is 14.2. The third-order valence-corrected chi connectivity index (χ3v) is 5.72. The largest absolute Gasteiger partial charge is 0.465 e. The van der Waals surface area contributed by atoms with E-state index in [0.29, 0.717) is 25.9 Å². The predicted octanol–water partition coefficient (Wildman–Crippen LogP) is 5.33. The molecule has 9 heteroatoms. The number of esters is 1. The molecular weight excluding hydrogens is 413 g/mol. The highest BCUT2D eigenvalue weighted by Crippen LogP contribution is 2.40. The molecule has 0 aliphatic carbocycles. The van der Waals surface area contributed by atoms with Gasteiger partial charge in [-0.15, -0.1) is 0 Å². The monoisotopic (exact) mass is 444 g/mol. The van der Waals surface area contributed by atoms with E-state index in [1.54, 1.807) is 25.7 Å². The summed E-state index contributed by atoms with van der Waals surface area (Å²) in [5, 5.41) is 2.97. The summed E-state index contributed by atoms with van der Waals surface area (Å²) in [7, 11) is 1.18. The Hall–Kier alpha value is -2.45. The van der Waals surface area contributed by atoms with Crippen molar-refractivity contribution in [1.82, 2.24) is 4.90 Å². The first-order valence-electron chi connectivity index (χ1n) is 10.2. The molecule has 1 atom stereocenters. The lowest BCUT2D eigenvalue weighted by Crippen LogP contribution is -2.49. The van der Waals surface area contributed by atoms with Crippen molar-refractivity contribution >= 4 is 17.7 Å². The number of hydrogen-bond donors (Lipinski definition) is 1. The summed E-state index contributed by atoms with van der Waals surface area (Å²) in [6.07, 6.45) is -3.77. The molecule has 1 N–H and O–H groups in total. The second-order valence-corrected chi connectivity index (χ2v) is 9.24. The number of amides is 1. The van der Waals surface area contributed by atoms with Gasteiger partial charge in [-0.05, 0) is 64.2 Å². The van der Waals surface area contributed by atoms with Crippen LogP contribution in [0.3, 0.4) is 0 Å². The van der Waals surface area contributed by atoms with Gasteiger partial charge in [-0.1, -0.05) is 6.92 Å². The zero-order valence-electron chi connectivity index (χ0n) is 18.9. The van der Waals surface area contributed by atoms with E-state index < -0.39 is 23.3 Å². The summed E-state index contributed by atoms with van der Waals surface area (Å²) in [6.45, 7) is 10.1. The molecule has 1 saturated heterocycles. The number of benzene rings is 1. The minimum Gasteiger partial charge on any atom is -0.465 e. The Morgan fingerprint density at radius 3 is 2.23 bits per heavy atom. The topological polar surface area (TPSA) is 67.9 Å². The number of halogens is 3. The molecule has 31 heavy (non-hydrogen) atoms. The van der Waals surface area contributed by atoms with Crippen molar-refractivity contribution in [3.8, 4) is 0 Å². The summed E-state index contributed by atoms with van der Waals surface area (Å²) in [5.41, 5.74) is -1.93. The molecule has 1 aromatic carbocycles. The minimum absolute atomic E-state index is 0.0371. The van der Waals surface area contributed by atoms with Gasteiger partial charge in [-0.2, -0.15) is 13.2 Å². The molecule has 0 spiro atoms. The van der Waals surface area contributed by atoms with Crippen LogP contribution in [0.15, 0.2) is 18.2 Å². The molecule has 1 aromatic rings.